The lowest BCUT2D eigenvalue weighted by molar-refractivity contribution is 0.399. The number of anilines is 1. The Morgan fingerprint density at radius 2 is 2.00 bits per heavy atom. The number of ether oxygens (including phenoxy) is 1. The van der Waals surface area contributed by atoms with Crippen LogP contribution in [0.3, 0.4) is 0 Å². The van der Waals surface area contributed by atoms with Crippen molar-refractivity contribution in [3.63, 3.8) is 0 Å². The monoisotopic (exact) mass is 280 g/mol. The molecule has 1 aliphatic rings. The van der Waals surface area contributed by atoms with Gasteiger partial charge in [-0.1, -0.05) is 0 Å². The third kappa shape index (κ3) is 1.52. The van der Waals surface area contributed by atoms with Gasteiger partial charge in [0.05, 0.1) is 12.6 Å². The molecule has 2 heterocycles. The summed E-state index contributed by atoms with van der Waals surface area (Å²) >= 11 is 0. The zero-order valence-corrected chi connectivity index (χ0v) is 11.6. The fourth-order valence-corrected chi connectivity index (χ4v) is 2.49. The van der Waals surface area contributed by atoms with Crippen LogP contribution in [0.25, 0.3) is 5.69 Å². The molecule has 0 fully saturated rings. The molecule has 1 aliphatic heterocycles. The topological polar surface area (TPSA) is 52.0 Å². The van der Waals surface area contributed by atoms with Crippen molar-refractivity contribution in [3.8, 4) is 11.4 Å². The van der Waals surface area contributed by atoms with Crippen LogP contribution in [0.1, 0.15) is 25.5 Å². The van der Waals surface area contributed by atoms with Gasteiger partial charge in [0.2, 0.25) is 0 Å². The quantitative estimate of drug-likeness (QED) is 0.872. The largest absolute Gasteiger partial charge is 0.494 e. The van der Waals surface area contributed by atoms with Crippen molar-refractivity contribution in [2.75, 3.05) is 12.4 Å². The average molecular weight is 280 g/mol. The van der Waals surface area contributed by atoms with Crippen molar-refractivity contribution in [1.29, 1.82) is 0 Å². The van der Waals surface area contributed by atoms with Crippen LogP contribution >= 0.6 is 0 Å². The highest BCUT2D eigenvalue weighted by molar-refractivity contribution is 5.72. The number of methoxy groups -OCH3 is 1. The normalized spacial score (nSPS) is 15.3. The van der Waals surface area contributed by atoms with Gasteiger partial charge in [0, 0.05) is 6.07 Å². The maximum absolute atomic E-state index is 14.1. The van der Waals surface area contributed by atoms with E-state index in [0.717, 1.165) is 6.07 Å². The van der Waals surface area contributed by atoms with Gasteiger partial charge in [0.15, 0.2) is 17.5 Å². The van der Waals surface area contributed by atoms with E-state index in [-0.39, 0.29) is 11.4 Å². The first kappa shape index (κ1) is 12.8. The summed E-state index contributed by atoms with van der Waals surface area (Å²) in [6, 6.07) is 1.03. The molecule has 1 aromatic heterocycles. The van der Waals surface area contributed by atoms with E-state index in [4.69, 9.17) is 4.74 Å². The van der Waals surface area contributed by atoms with Crippen LogP contribution < -0.4 is 10.1 Å². The minimum atomic E-state index is -0.960. The SMILES string of the molecule is COc1cc(F)c(F)c2c1-n1c(C)nnc1C(C)(C)N2. The van der Waals surface area contributed by atoms with Crippen molar-refractivity contribution in [1.82, 2.24) is 14.8 Å². The number of nitrogens with one attached hydrogen (secondary N) is 1. The van der Waals surface area contributed by atoms with Crippen LogP contribution in [0.2, 0.25) is 0 Å². The van der Waals surface area contributed by atoms with E-state index in [1.165, 1.54) is 7.11 Å². The molecule has 0 aliphatic carbocycles. The molecule has 0 spiro atoms. The van der Waals surface area contributed by atoms with Gasteiger partial charge in [-0.25, -0.2) is 8.78 Å². The molecule has 0 bridgehead atoms. The lowest BCUT2D eigenvalue weighted by Gasteiger charge is -2.34. The number of benzene rings is 1. The second-order valence-electron chi connectivity index (χ2n) is 5.25. The van der Waals surface area contributed by atoms with Crippen LogP contribution in [0, 0.1) is 18.6 Å². The molecule has 2 aromatic rings. The first-order valence-electron chi connectivity index (χ1n) is 6.14. The summed E-state index contributed by atoms with van der Waals surface area (Å²) in [5.41, 5.74) is -0.223. The van der Waals surface area contributed by atoms with Gasteiger partial charge in [-0.05, 0) is 20.8 Å². The number of hydrogen-bond acceptors (Lipinski definition) is 4. The fraction of sp³-hybridized carbons (Fsp3) is 0.385. The molecule has 0 radical (unpaired) electrons. The Morgan fingerprint density at radius 1 is 1.30 bits per heavy atom. The zero-order valence-electron chi connectivity index (χ0n) is 11.6. The van der Waals surface area contributed by atoms with E-state index < -0.39 is 17.2 Å². The van der Waals surface area contributed by atoms with Crippen molar-refractivity contribution in [2.45, 2.75) is 26.3 Å². The molecule has 0 unspecified atom stereocenters. The minimum Gasteiger partial charge on any atom is -0.494 e. The van der Waals surface area contributed by atoms with E-state index in [9.17, 15) is 8.78 Å². The van der Waals surface area contributed by atoms with Crippen molar-refractivity contribution >= 4 is 5.69 Å². The van der Waals surface area contributed by atoms with E-state index >= 15 is 0 Å². The Hall–Kier alpha value is -2.18. The summed E-state index contributed by atoms with van der Waals surface area (Å²) in [6.45, 7) is 5.40. The van der Waals surface area contributed by atoms with E-state index in [2.05, 4.69) is 15.5 Å². The lowest BCUT2D eigenvalue weighted by Crippen LogP contribution is -2.36. The number of rotatable bonds is 1. The Morgan fingerprint density at radius 3 is 2.65 bits per heavy atom. The van der Waals surface area contributed by atoms with Crippen LogP contribution in [-0.2, 0) is 5.54 Å². The molecule has 106 valence electrons. The Bertz CT molecular complexity index is 709. The minimum absolute atomic E-state index is 0.0576. The molecular formula is C13H14F2N4O. The third-order valence-corrected chi connectivity index (χ3v) is 3.42. The highest BCUT2D eigenvalue weighted by Crippen LogP contribution is 2.43. The fourth-order valence-electron chi connectivity index (χ4n) is 2.49. The smallest absolute Gasteiger partial charge is 0.184 e. The van der Waals surface area contributed by atoms with Gasteiger partial charge in [0.1, 0.15) is 22.9 Å². The second-order valence-corrected chi connectivity index (χ2v) is 5.25. The third-order valence-electron chi connectivity index (χ3n) is 3.42. The Labute approximate surface area is 114 Å². The van der Waals surface area contributed by atoms with Gasteiger partial charge >= 0.3 is 0 Å². The Balaban J connectivity index is 2.43. The molecule has 1 aromatic carbocycles. The first-order chi connectivity index (χ1) is 9.36. The molecule has 1 N–H and O–H groups in total. The molecule has 7 heteroatoms. The van der Waals surface area contributed by atoms with Crippen LogP contribution in [0.5, 0.6) is 5.75 Å². The average Bonchev–Trinajstić information content (AvgIpc) is 2.77. The first-order valence-corrected chi connectivity index (χ1v) is 6.14. The van der Waals surface area contributed by atoms with E-state index in [1.54, 1.807) is 11.5 Å². The molecule has 0 atom stereocenters. The number of aromatic nitrogens is 3. The highest BCUT2D eigenvalue weighted by Gasteiger charge is 2.38. The van der Waals surface area contributed by atoms with Gasteiger partial charge in [-0.15, -0.1) is 10.2 Å². The standard InChI is InChI=1S/C13H14F2N4O/c1-6-17-18-12-13(2,3)16-10-9(15)7(14)5-8(20-4)11(10)19(6)12/h5,16H,1-4H3. The number of aryl methyl sites for hydroxylation is 1. The maximum atomic E-state index is 14.1. The second kappa shape index (κ2) is 3.91. The summed E-state index contributed by atoms with van der Waals surface area (Å²) < 4.78 is 34.7. The van der Waals surface area contributed by atoms with E-state index in [1.807, 2.05) is 13.8 Å². The van der Waals surface area contributed by atoms with Crippen molar-refractivity contribution in [2.24, 2.45) is 0 Å². The summed E-state index contributed by atoms with van der Waals surface area (Å²) in [6.07, 6.45) is 0. The van der Waals surface area contributed by atoms with Gasteiger partial charge in [-0.2, -0.15) is 0 Å². The molecule has 0 saturated carbocycles. The number of hydrogen-bond donors (Lipinski definition) is 1. The molecule has 0 saturated heterocycles. The number of fused-ring (bicyclic) bond motifs is 3. The molecule has 20 heavy (non-hydrogen) atoms. The molecule has 0 amide bonds. The summed E-state index contributed by atoms with van der Waals surface area (Å²) in [5.74, 6) is -0.469. The number of halogens is 2. The lowest BCUT2D eigenvalue weighted by atomic mass is 9.99. The van der Waals surface area contributed by atoms with Gasteiger partial charge in [0.25, 0.3) is 0 Å². The van der Waals surface area contributed by atoms with Gasteiger partial charge < -0.3 is 10.1 Å². The predicted octanol–water partition coefficient (Wildman–Crippen LogP) is 2.52. The molecule has 5 nitrogen and oxygen atoms in total. The highest BCUT2D eigenvalue weighted by atomic mass is 19.2. The summed E-state index contributed by atoms with van der Waals surface area (Å²) in [7, 11) is 1.41. The summed E-state index contributed by atoms with van der Waals surface area (Å²) in [5, 5.41) is 11.1. The van der Waals surface area contributed by atoms with Crippen molar-refractivity contribution in [3.05, 3.63) is 29.3 Å². The predicted molar refractivity (Wildman–Crippen MR) is 69.2 cm³/mol. The summed E-state index contributed by atoms with van der Waals surface area (Å²) in [4.78, 5) is 0. The maximum Gasteiger partial charge on any atom is 0.184 e. The zero-order chi connectivity index (χ0) is 14.7. The molecular weight excluding hydrogens is 266 g/mol. The Kier molecular flexibility index (Phi) is 2.51. The van der Waals surface area contributed by atoms with Gasteiger partial charge in [-0.3, -0.25) is 4.57 Å². The van der Waals surface area contributed by atoms with Crippen LogP contribution in [0.4, 0.5) is 14.5 Å². The van der Waals surface area contributed by atoms with Crippen LogP contribution in [0.15, 0.2) is 6.07 Å². The number of nitrogens with zero attached hydrogens (tertiary/aromatic N) is 3. The van der Waals surface area contributed by atoms with E-state index in [0.29, 0.717) is 17.3 Å². The molecule has 3 rings (SSSR count). The van der Waals surface area contributed by atoms with Crippen molar-refractivity contribution < 1.29 is 13.5 Å². The van der Waals surface area contributed by atoms with Crippen LogP contribution in [-0.4, -0.2) is 21.9 Å².